The van der Waals surface area contributed by atoms with Crippen LogP contribution >= 0.6 is 0 Å². The number of nitrogens with zero attached hydrogens (tertiary/aromatic N) is 1. The van der Waals surface area contributed by atoms with Crippen molar-refractivity contribution in [2.75, 3.05) is 7.11 Å². The number of isocyanates is 1. The Morgan fingerprint density at radius 2 is 2.36 bits per heavy atom. The fraction of sp³-hybridized carbons (Fsp3) is 0.778. The zero-order chi connectivity index (χ0) is 10.6. The molecule has 1 saturated carbocycles. The van der Waals surface area contributed by atoms with Gasteiger partial charge in [0, 0.05) is 13.5 Å². The van der Waals surface area contributed by atoms with Gasteiger partial charge in [0.1, 0.15) is 0 Å². The molecule has 5 nitrogen and oxygen atoms in total. The Kier molecular flexibility index (Phi) is 3.80. The van der Waals surface area contributed by atoms with Crippen molar-refractivity contribution in [3.05, 3.63) is 0 Å². The molecule has 0 aliphatic heterocycles. The maximum absolute atomic E-state index is 10.7. The van der Waals surface area contributed by atoms with Crippen molar-refractivity contribution in [1.82, 2.24) is 0 Å². The lowest BCUT2D eigenvalue weighted by atomic mass is 10.1. The Morgan fingerprint density at radius 3 is 2.71 bits per heavy atom. The lowest BCUT2D eigenvalue weighted by molar-refractivity contribution is -0.139. The lowest BCUT2D eigenvalue weighted by Crippen LogP contribution is -2.26. The molecule has 1 rings (SSSR count). The summed E-state index contributed by atoms with van der Waals surface area (Å²) < 4.78 is 5.15. The fourth-order valence-electron chi connectivity index (χ4n) is 1.44. The second kappa shape index (κ2) is 4.88. The second-order valence-corrected chi connectivity index (χ2v) is 3.42. The molecule has 1 aliphatic rings. The molecular weight excluding hydrogens is 186 g/mol. The summed E-state index contributed by atoms with van der Waals surface area (Å²) >= 11 is 0. The van der Waals surface area contributed by atoms with E-state index in [0.29, 0.717) is 5.92 Å². The van der Waals surface area contributed by atoms with Crippen LogP contribution in [-0.2, 0) is 14.3 Å². The molecule has 5 heteroatoms. The molecule has 1 N–H and O–H groups in total. The van der Waals surface area contributed by atoms with Gasteiger partial charge in [0.15, 0.2) is 6.04 Å². The van der Waals surface area contributed by atoms with E-state index in [1.165, 1.54) is 6.08 Å². The number of ether oxygens (including phenoxy) is 1. The molecule has 0 spiro atoms. The molecule has 0 amide bonds. The summed E-state index contributed by atoms with van der Waals surface area (Å²) in [6.07, 6.45) is 3.56. The van der Waals surface area contributed by atoms with Crippen LogP contribution in [0.25, 0.3) is 0 Å². The summed E-state index contributed by atoms with van der Waals surface area (Å²) in [5, 5.41) is 8.72. The summed E-state index contributed by atoms with van der Waals surface area (Å²) in [6, 6.07) is -1.02. The molecule has 0 aromatic carbocycles. The molecule has 1 aliphatic carbocycles. The number of hydrogen-bond acceptors (Lipinski definition) is 4. The first-order valence-corrected chi connectivity index (χ1v) is 4.51. The maximum atomic E-state index is 10.7. The van der Waals surface area contributed by atoms with Crippen LogP contribution in [0, 0.1) is 5.92 Å². The molecule has 1 fully saturated rings. The van der Waals surface area contributed by atoms with Gasteiger partial charge in [-0.05, 0) is 18.8 Å². The van der Waals surface area contributed by atoms with Crippen LogP contribution in [0.5, 0.6) is 0 Å². The van der Waals surface area contributed by atoms with Crippen molar-refractivity contribution in [3.8, 4) is 0 Å². The Balaban J connectivity index is 2.51. The van der Waals surface area contributed by atoms with Crippen molar-refractivity contribution < 1.29 is 19.4 Å². The molecule has 2 unspecified atom stereocenters. The number of hydrogen-bond donors (Lipinski definition) is 1. The summed E-state index contributed by atoms with van der Waals surface area (Å²) in [4.78, 5) is 23.9. The number of carbonyl (C=O) groups excluding carboxylic acids is 1. The monoisotopic (exact) mass is 199 g/mol. The van der Waals surface area contributed by atoms with E-state index in [9.17, 15) is 9.59 Å². The van der Waals surface area contributed by atoms with E-state index in [2.05, 4.69) is 4.99 Å². The van der Waals surface area contributed by atoms with Gasteiger partial charge < -0.3 is 9.84 Å². The Bertz CT molecular complexity index is 254. The van der Waals surface area contributed by atoms with E-state index in [1.807, 2.05) is 0 Å². The molecule has 0 bridgehead atoms. The van der Waals surface area contributed by atoms with Gasteiger partial charge in [-0.15, -0.1) is 0 Å². The number of aliphatic carboxylic acids is 1. The summed E-state index contributed by atoms with van der Waals surface area (Å²) in [5.74, 6) is -0.667. The van der Waals surface area contributed by atoms with Gasteiger partial charge in [0.25, 0.3) is 0 Å². The molecule has 78 valence electrons. The number of carboxylic acids is 1. The number of rotatable bonds is 6. The van der Waals surface area contributed by atoms with E-state index in [1.54, 1.807) is 7.11 Å². The van der Waals surface area contributed by atoms with Crippen LogP contribution in [-0.4, -0.2) is 36.4 Å². The van der Waals surface area contributed by atoms with E-state index in [0.717, 1.165) is 12.8 Å². The largest absolute Gasteiger partial charge is 0.480 e. The quantitative estimate of drug-likeness (QED) is 0.501. The molecule has 0 heterocycles. The molecular formula is C9H13NO4. The van der Waals surface area contributed by atoms with Crippen LogP contribution in [0.4, 0.5) is 0 Å². The Labute approximate surface area is 81.8 Å². The van der Waals surface area contributed by atoms with E-state index >= 15 is 0 Å². The number of aliphatic imine (C=N–C) groups is 1. The second-order valence-electron chi connectivity index (χ2n) is 3.42. The van der Waals surface area contributed by atoms with Crippen LogP contribution < -0.4 is 0 Å². The van der Waals surface area contributed by atoms with E-state index in [4.69, 9.17) is 9.84 Å². The Hall–Kier alpha value is -1.19. The normalized spacial score (nSPS) is 19.5. The predicted molar refractivity (Wildman–Crippen MR) is 47.7 cm³/mol. The van der Waals surface area contributed by atoms with Crippen LogP contribution in [0.3, 0.4) is 0 Å². The van der Waals surface area contributed by atoms with Crippen molar-refractivity contribution in [2.24, 2.45) is 10.9 Å². The first-order chi connectivity index (χ1) is 6.69. The minimum atomic E-state index is -1.10. The average molecular weight is 199 g/mol. The fourth-order valence-corrected chi connectivity index (χ4v) is 1.44. The van der Waals surface area contributed by atoms with Crippen molar-refractivity contribution in [1.29, 1.82) is 0 Å². The minimum absolute atomic E-state index is 0.104. The molecule has 0 radical (unpaired) electrons. The number of methoxy groups -OCH3 is 1. The van der Waals surface area contributed by atoms with E-state index < -0.39 is 12.0 Å². The van der Waals surface area contributed by atoms with Gasteiger partial charge >= 0.3 is 5.97 Å². The highest BCUT2D eigenvalue weighted by Gasteiger charge is 2.34. The smallest absolute Gasteiger partial charge is 0.329 e. The summed E-state index contributed by atoms with van der Waals surface area (Å²) in [6.45, 7) is 0. The van der Waals surface area contributed by atoms with Crippen molar-refractivity contribution in [3.63, 3.8) is 0 Å². The van der Waals surface area contributed by atoms with E-state index in [-0.39, 0.29) is 12.5 Å². The van der Waals surface area contributed by atoms with Gasteiger partial charge in [-0.25, -0.2) is 9.59 Å². The lowest BCUT2D eigenvalue weighted by Gasteiger charge is -2.15. The highest BCUT2D eigenvalue weighted by molar-refractivity contribution is 5.74. The number of carboxylic acid groups (broad SMARTS) is 1. The standard InChI is InChI=1S/C9H13NO4/c1-14-8(6-2-3-6)4-7(9(12)13)10-5-11/h6-8H,2-4H2,1H3,(H,12,13). The third-order valence-electron chi connectivity index (χ3n) is 2.40. The highest BCUT2D eigenvalue weighted by atomic mass is 16.5. The SMILES string of the molecule is COC(CC(N=C=O)C(=O)O)C1CC1. The predicted octanol–water partition coefficient (Wildman–Crippen LogP) is 0.590. The summed E-state index contributed by atoms with van der Waals surface area (Å²) in [5.41, 5.74) is 0. The Morgan fingerprint density at radius 1 is 1.71 bits per heavy atom. The van der Waals surface area contributed by atoms with Crippen molar-refractivity contribution in [2.45, 2.75) is 31.4 Å². The van der Waals surface area contributed by atoms with Crippen LogP contribution in [0.2, 0.25) is 0 Å². The van der Waals surface area contributed by atoms with Gasteiger partial charge in [-0.1, -0.05) is 0 Å². The van der Waals surface area contributed by atoms with Gasteiger partial charge in [-0.3, -0.25) is 0 Å². The third kappa shape index (κ3) is 2.94. The first kappa shape index (κ1) is 10.9. The maximum Gasteiger partial charge on any atom is 0.329 e. The van der Waals surface area contributed by atoms with Gasteiger partial charge in [0.05, 0.1) is 6.10 Å². The number of carbonyl (C=O) groups is 1. The van der Waals surface area contributed by atoms with Crippen LogP contribution in [0.1, 0.15) is 19.3 Å². The molecule has 0 saturated heterocycles. The van der Waals surface area contributed by atoms with Gasteiger partial charge in [0.2, 0.25) is 6.08 Å². The van der Waals surface area contributed by atoms with Crippen LogP contribution in [0.15, 0.2) is 4.99 Å². The average Bonchev–Trinajstić information content (AvgIpc) is 2.95. The summed E-state index contributed by atoms with van der Waals surface area (Å²) in [7, 11) is 1.55. The first-order valence-electron chi connectivity index (χ1n) is 4.51. The zero-order valence-electron chi connectivity index (χ0n) is 7.97. The van der Waals surface area contributed by atoms with Gasteiger partial charge in [-0.2, -0.15) is 4.99 Å². The molecule has 14 heavy (non-hydrogen) atoms. The molecule has 0 aromatic heterocycles. The third-order valence-corrected chi connectivity index (χ3v) is 2.40. The minimum Gasteiger partial charge on any atom is -0.480 e. The zero-order valence-corrected chi connectivity index (χ0v) is 7.97. The molecule has 2 atom stereocenters. The topological polar surface area (TPSA) is 76.0 Å². The highest BCUT2D eigenvalue weighted by Crippen LogP contribution is 2.36. The van der Waals surface area contributed by atoms with Crippen molar-refractivity contribution >= 4 is 12.0 Å². The molecule has 0 aromatic rings.